The Morgan fingerprint density at radius 2 is 1.92 bits per heavy atom. The van der Waals surface area contributed by atoms with Gasteiger partial charge in [-0.2, -0.15) is 0 Å². The minimum Gasteiger partial charge on any atom is -0.465 e. The molecule has 1 heterocycles. The molecule has 0 saturated carbocycles. The lowest BCUT2D eigenvalue weighted by Crippen LogP contribution is -2.46. The van der Waals surface area contributed by atoms with Gasteiger partial charge >= 0.3 is 5.97 Å². The Hall–Kier alpha value is -2.74. The summed E-state index contributed by atoms with van der Waals surface area (Å²) in [4.78, 5) is 48.8. The van der Waals surface area contributed by atoms with Crippen molar-refractivity contribution in [2.75, 3.05) is 25.5 Å². The van der Waals surface area contributed by atoms with E-state index in [4.69, 9.17) is 5.73 Å². The van der Waals surface area contributed by atoms with E-state index in [9.17, 15) is 19.2 Å². The molecule has 1 aromatic rings. The highest BCUT2D eigenvalue weighted by Crippen LogP contribution is 2.19. The molecule has 0 bridgehead atoms. The molecule has 8 heteroatoms. The molecular formula is C16H19N3O5. The zero-order valence-corrected chi connectivity index (χ0v) is 13.3. The standard InChI is InChI=1S/C16H19N3O5/c1-24-16(23)10-4-6-11(7-5-10)18-15(22)14(21)12-3-2-8-19(12)13(20)9-17/h4-7,12H,2-3,8-9,17H2,1H3,(H,18,22). The minimum absolute atomic E-state index is 0.194. The van der Waals surface area contributed by atoms with E-state index in [1.54, 1.807) is 0 Å². The van der Waals surface area contributed by atoms with Crippen LogP contribution in [0.2, 0.25) is 0 Å². The molecule has 1 aliphatic heterocycles. The first kappa shape index (κ1) is 17.6. The number of nitrogens with one attached hydrogen (secondary N) is 1. The quantitative estimate of drug-likeness (QED) is 0.575. The van der Waals surface area contributed by atoms with Crippen LogP contribution in [0.3, 0.4) is 0 Å². The molecule has 1 aromatic carbocycles. The van der Waals surface area contributed by atoms with E-state index < -0.39 is 23.7 Å². The van der Waals surface area contributed by atoms with E-state index in [2.05, 4.69) is 10.1 Å². The molecule has 3 N–H and O–H groups in total. The first-order chi connectivity index (χ1) is 11.5. The number of hydrogen-bond acceptors (Lipinski definition) is 6. The Bertz CT molecular complexity index is 656. The van der Waals surface area contributed by atoms with Gasteiger partial charge in [-0.05, 0) is 37.1 Å². The van der Waals surface area contributed by atoms with Crippen molar-refractivity contribution < 1.29 is 23.9 Å². The summed E-state index contributed by atoms with van der Waals surface area (Å²) in [6.07, 6.45) is 1.10. The molecule has 2 amide bonds. The molecule has 0 spiro atoms. The number of esters is 1. The number of rotatable bonds is 5. The van der Waals surface area contributed by atoms with E-state index in [0.717, 1.165) is 0 Å². The van der Waals surface area contributed by atoms with Gasteiger partial charge in [0.25, 0.3) is 5.91 Å². The molecule has 2 rings (SSSR count). The molecule has 1 atom stereocenters. The molecule has 0 radical (unpaired) electrons. The number of benzene rings is 1. The van der Waals surface area contributed by atoms with Crippen molar-refractivity contribution in [3.8, 4) is 0 Å². The highest BCUT2D eigenvalue weighted by Gasteiger charge is 2.36. The molecule has 0 aliphatic carbocycles. The van der Waals surface area contributed by atoms with Gasteiger partial charge in [-0.3, -0.25) is 14.4 Å². The van der Waals surface area contributed by atoms with Crippen molar-refractivity contribution in [3.63, 3.8) is 0 Å². The molecule has 0 aromatic heterocycles. The van der Waals surface area contributed by atoms with E-state index in [-0.39, 0.29) is 12.5 Å². The summed E-state index contributed by atoms with van der Waals surface area (Å²) >= 11 is 0. The Labute approximate surface area is 138 Å². The molecule has 128 valence electrons. The number of carbonyl (C=O) groups is 4. The fraction of sp³-hybridized carbons (Fsp3) is 0.375. The third-order valence-electron chi connectivity index (χ3n) is 3.84. The number of anilines is 1. The number of nitrogens with two attached hydrogens (primary N) is 1. The molecule has 8 nitrogen and oxygen atoms in total. The SMILES string of the molecule is COC(=O)c1ccc(NC(=O)C(=O)C2CCCN2C(=O)CN)cc1. The first-order valence-electron chi connectivity index (χ1n) is 7.51. The number of ether oxygens (including phenoxy) is 1. The van der Waals surface area contributed by atoms with Gasteiger partial charge < -0.3 is 20.7 Å². The first-order valence-corrected chi connectivity index (χ1v) is 7.51. The van der Waals surface area contributed by atoms with Crippen molar-refractivity contribution in [1.29, 1.82) is 0 Å². The molecule has 1 saturated heterocycles. The number of methoxy groups -OCH3 is 1. The average molecular weight is 333 g/mol. The Kier molecular flexibility index (Phi) is 5.64. The maximum atomic E-state index is 12.3. The molecular weight excluding hydrogens is 314 g/mol. The van der Waals surface area contributed by atoms with Gasteiger partial charge in [0.1, 0.15) is 6.04 Å². The fourth-order valence-electron chi connectivity index (χ4n) is 2.61. The summed E-state index contributed by atoms with van der Waals surface area (Å²) in [5.74, 6) is -2.32. The smallest absolute Gasteiger partial charge is 0.337 e. The normalized spacial score (nSPS) is 16.6. The molecule has 1 fully saturated rings. The van der Waals surface area contributed by atoms with Crippen LogP contribution >= 0.6 is 0 Å². The number of amides is 2. The van der Waals surface area contributed by atoms with E-state index in [1.807, 2.05) is 0 Å². The fourth-order valence-corrected chi connectivity index (χ4v) is 2.61. The molecule has 1 unspecified atom stereocenters. The molecule has 1 aliphatic rings. The number of likely N-dealkylation sites (tertiary alicyclic amines) is 1. The number of hydrogen-bond donors (Lipinski definition) is 2. The number of carbonyl (C=O) groups excluding carboxylic acids is 4. The van der Waals surface area contributed by atoms with Crippen LogP contribution in [-0.4, -0.2) is 54.7 Å². The van der Waals surface area contributed by atoms with Crippen molar-refractivity contribution in [2.45, 2.75) is 18.9 Å². The highest BCUT2D eigenvalue weighted by atomic mass is 16.5. The predicted molar refractivity (Wildman–Crippen MR) is 85.2 cm³/mol. The Balaban J connectivity index is 2.02. The van der Waals surface area contributed by atoms with E-state index in [0.29, 0.717) is 30.6 Å². The van der Waals surface area contributed by atoms with Gasteiger partial charge in [-0.25, -0.2) is 4.79 Å². The van der Waals surface area contributed by atoms with E-state index >= 15 is 0 Å². The van der Waals surface area contributed by atoms with Crippen LogP contribution in [0, 0.1) is 0 Å². The third kappa shape index (κ3) is 3.77. The van der Waals surface area contributed by atoms with Gasteiger partial charge in [0.05, 0.1) is 19.2 Å². The maximum Gasteiger partial charge on any atom is 0.337 e. The minimum atomic E-state index is -0.803. The summed E-state index contributed by atoms with van der Waals surface area (Å²) in [6, 6.07) is 5.18. The van der Waals surface area contributed by atoms with Crippen molar-refractivity contribution in [2.24, 2.45) is 5.73 Å². The lowest BCUT2D eigenvalue weighted by atomic mass is 10.1. The second kappa shape index (κ2) is 7.69. The van der Waals surface area contributed by atoms with Gasteiger partial charge in [0.15, 0.2) is 0 Å². The maximum absolute atomic E-state index is 12.3. The topological polar surface area (TPSA) is 119 Å². The van der Waals surface area contributed by atoms with Crippen LogP contribution in [0.25, 0.3) is 0 Å². The van der Waals surface area contributed by atoms with Gasteiger partial charge in [-0.15, -0.1) is 0 Å². The van der Waals surface area contributed by atoms with Crippen molar-refractivity contribution in [1.82, 2.24) is 4.90 Å². The summed E-state index contributed by atoms with van der Waals surface area (Å²) in [5, 5.41) is 2.47. The van der Waals surface area contributed by atoms with Crippen molar-refractivity contribution >= 4 is 29.3 Å². The highest BCUT2D eigenvalue weighted by molar-refractivity contribution is 6.42. The summed E-state index contributed by atoms with van der Waals surface area (Å²) in [6.45, 7) is 0.230. The number of Topliss-reactive ketones (excluding diaryl/α,β-unsaturated/α-hetero) is 1. The van der Waals surface area contributed by atoms with Crippen LogP contribution < -0.4 is 11.1 Å². The van der Waals surface area contributed by atoms with Crippen LogP contribution in [-0.2, 0) is 19.1 Å². The second-order valence-electron chi connectivity index (χ2n) is 5.34. The van der Waals surface area contributed by atoms with Crippen molar-refractivity contribution in [3.05, 3.63) is 29.8 Å². The Morgan fingerprint density at radius 3 is 2.50 bits per heavy atom. The predicted octanol–water partition coefficient (Wildman–Crippen LogP) is -0.0695. The monoisotopic (exact) mass is 333 g/mol. The van der Waals surface area contributed by atoms with Gasteiger partial charge in [0, 0.05) is 12.2 Å². The average Bonchev–Trinajstić information content (AvgIpc) is 3.09. The third-order valence-corrected chi connectivity index (χ3v) is 3.84. The van der Waals surface area contributed by atoms with Gasteiger partial charge in [0.2, 0.25) is 11.7 Å². The second-order valence-corrected chi connectivity index (χ2v) is 5.34. The van der Waals surface area contributed by atoms with Gasteiger partial charge in [-0.1, -0.05) is 0 Å². The van der Waals surface area contributed by atoms with Crippen LogP contribution in [0.15, 0.2) is 24.3 Å². The zero-order valence-electron chi connectivity index (χ0n) is 13.3. The lowest BCUT2D eigenvalue weighted by molar-refractivity contribution is -0.141. The number of nitrogens with zero attached hydrogens (tertiary/aromatic N) is 1. The summed E-state index contributed by atoms with van der Waals surface area (Å²) in [7, 11) is 1.27. The summed E-state index contributed by atoms with van der Waals surface area (Å²) < 4.78 is 4.58. The summed E-state index contributed by atoms with van der Waals surface area (Å²) in [5.41, 5.74) is 6.02. The Morgan fingerprint density at radius 1 is 1.25 bits per heavy atom. The number of ketones is 1. The molecule has 24 heavy (non-hydrogen) atoms. The van der Waals surface area contributed by atoms with E-state index in [1.165, 1.54) is 36.3 Å². The van der Waals surface area contributed by atoms with Crippen LogP contribution in [0.4, 0.5) is 5.69 Å². The zero-order chi connectivity index (χ0) is 17.7. The van der Waals surface area contributed by atoms with Crippen LogP contribution in [0.1, 0.15) is 23.2 Å². The largest absolute Gasteiger partial charge is 0.465 e. The lowest BCUT2D eigenvalue weighted by Gasteiger charge is -2.22. The van der Waals surface area contributed by atoms with Crippen LogP contribution in [0.5, 0.6) is 0 Å².